The summed E-state index contributed by atoms with van der Waals surface area (Å²) in [6.45, 7) is 2.14. The number of morpholine rings is 1. The molecule has 1 amide bonds. The van der Waals surface area contributed by atoms with E-state index in [1.54, 1.807) is 45.9 Å². The zero-order valence-electron chi connectivity index (χ0n) is 14.8. The topological polar surface area (TPSA) is 87.0 Å². The zero-order chi connectivity index (χ0) is 19.0. The van der Waals surface area contributed by atoms with Gasteiger partial charge in [-0.25, -0.2) is 4.52 Å². The van der Waals surface area contributed by atoms with Crippen molar-refractivity contribution in [2.75, 3.05) is 32.6 Å². The predicted molar refractivity (Wildman–Crippen MR) is 100 cm³/mol. The second-order valence-electron chi connectivity index (χ2n) is 6.48. The highest BCUT2D eigenvalue weighted by Crippen LogP contribution is 2.27. The lowest BCUT2D eigenvalue weighted by Gasteiger charge is -2.26. The number of aromatic nitrogens is 2. The van der Waals surface area contributed by atoms with E-state index in [0.717, 1.165) is 16.6 Å². The van der Waals surface area contributed by atoms with Gasteiger partial charge in [0, 0.05) is 24.8 Å². The Morgan fingerprint density at radius 3 is 2.56 bits per heavy atom. The highest BCUT2D eigenvalue weighted by molar-refractivity contribution is 7.97. The second-order valence-corrected chi connectivity index (χ2v) is 8.50. The lowest BCUT2D eigenvalue weighted by molar-refractivity contribution is 0.0298. The number of amides is 1. The molecule has 1 aliphatic rings. The maximum atomic E-state index is 12.8. The number of ether oxygens (including phenoxy) is 1. The fraction of sp³-hybridized carbons (Fsp3) is 0.263. The number of carbonyl (C=O) groups is 1. The number of fused-ring (bicyclic) bond motifs is 1. The van der Waals surface area contributed by atoms with Gasteiger partial charge in [0.1, 0.15) is 11.9 Å². The highest BCUT2D eigenvalue weighted by atomic mass is 32.3. The molecule has 0 bridgehead atoms. The summed E-state index contributed by atoms with van der Waals surface area (Å²) in [5, 5.41) is 4.44. The van der Waals surface area contributed by atoms with Crippen molar-refractivity contribution in [2.45, 2.75) is 4.90 Å². The molecule has 1 aliphatic heterocycles. The fourth-order valence-electron chi connectivity index (χ4n) is 3.17. The SMILES string of the molecule is C[S+](=O)([O-])c1ccc(-c2cc(C(=O)N3CCOCC3)nn3cccc23)cc1. The van der Waals surface area contributed by atoms with Crippen molar-refractivity contribution in [1.82, 2.24) is 14.5 Å². The summed E-state index contributed by atoms with van der Waals surface area (Å²) in [5.74, 6) is -0.136. The summed E-state index contributed by atoms with van der Waals surface area (Å²) in [7, 11) is -3.26. The van der Waals surface area contributed by atoms with E-state index in [2.05, 4.69) is 5.10 Å². The normalized spacial score (nSPS) is 17.0. The van der Waals surface area contributed by atoms with Gasteiger partial charge in [0.25, 0.3) is 5.91 Å². The van der Waals surface area contributed by atoms with Crippen LogP contribution in [0.15, 0.2) is 53.6 Å². The predicted octanol–water partition coefficient (Wildman–Crippen LogP) is 2.09. The number of rotatable bonds is 3. The van der Waals surface area contributed by atoms with Gasteiger partial charge >= 0.3 is 0 Å². The summed E-state index contributed by atoms with van der Waals surface area (Å²) < 4.78 is 30.4. The molecule has 2 aromatic heterocycles. The van der Waals surface area contributed by atoms with Crippen LogP contribution < -0.4 is 0 Å². The minimum Gasteiger partial charge on any atom is -0.610 e. The molecule has 0 radical (unpaired) electrons. The Morgan fingerprint density at radius 1 is 1.19 bits per heavy atom. The van der Waals surface area contributed by atoms with Gasteiger partial charge in [0.15, 0.2) is 4.90 Å². The molecule has 4 rings (SSSR count). The Morgan fingerprint density at radius 2 is 1.89 bits per heavy atom. The first-order valence-electron chi connectivity index (χ1n) is 8.59. The van der Waals surface area contributed by atoms with Gasteiger partial charge in [-0.2, -0.15) is 5.10 Å². The Hall–Kier alpha value is -2.55. The molecule has 7 nitrogen and oxygen atoms in total. The minimum atomic E-state index is -3.26. The molecule has 1 unspecified atom stereocenters. The van der Waals surface area contributed by atoms with Crippen LogP contribution in [0.1, 0.15) is 10.5 Å². The molecule has 3 heterocycles. The van der Waals surface area contributed by atoms with Gasteiger partial charge in [-0.1, -0.05) is 0 Å². The van der Waals surface area contributed by atoms with Crippen LogP contribution in [0.5, 0.6) is 0 Å². The molecule has 1 saturated heterocycles. The van der Waals surface area contributed by atoms with E-state index in [0.29, 0.717) is 32.0 Å². The van der Waals surface area contributed by atoms with Crippen molar-refractivity contribution in [3.8, 4) is 11.1 Å². The Labute approximate surface area is 157 Å². The van der Waals surface area contributed by atoms with Gasteiger partial charge < -0.3 is 14.2 Å². The summed E-state index contributed by atoms with van der Waals surface area (Å²) in [4.78, 5) is 14.8. The molecule has 140 valence electrons. The van der Waals surface area contributed by atoms with E-state index in [-0.39, 0.29) is 10.8 Å². The van der Waals surface area contributed by atoms with E-state index in [9.17, 15) is 13.6 Å². The molecule has 0 N–H and O–H groups in total. The maximum Gasteiger partial charge on any atom is 0.274 e. The first-order valence-corrected chi connectivity index (χ1v) is 10.5. The lowest BCUT2D eigenvalue weighted by Crippen LogP contribution is -2.41. The second kappa shape index (κ2) is 6.88. The lowest BCUT2D eigenvalue weighted by atomic mass is 10.1. The number of carbonyl (C=O) groups excluding carboxylic acids is 1. The third-order valence-corrected chi connectivity index (χ3v) is 5.74. The Bertz CT molecular complexity index is 1030. The Kier molecular flexibility index (Phi) is 4.55. The molecule has 1 fully saturated rings. The number of nitrogens with zero attached hydrogens (tertiary/aromatic N) is 3. The third kappa shape index (κ3) is 3.51. The van der Waals surface area contributed by atoms with Crippen LogP contribution in [-0.2, 0) is 19.2 Å². The molecule has 27 heavy (non-hydrogen) atoms. The largest absolute Gasteiger partial charge is 0.610 e. The summed E-state index contributed by atoms with van der Waals surface area (Å²) in [6.07, 6.45) is 2.97. The minimum absolute atomic E-state index is 0.136. The van der Waals surface area contributed by atoms with Gasteiger partial charge in [0.05, 0.1) is 28.9 Å². The van der Waals surface area contributed by atoms with E-state index in [1.165, 1.54) is 6.26 Å². The maximum absolute atomic E-state index is 12.8. The van der Waals surface area contributed by atoms with E-state index >= 15 is 0 Å². The van der Waals surface area contributed by atoms with Crippen molar-refractivity contribution in [2.24, 2.45) is 0 Å². The highest BCUT2D eigenvalue weighted by Gasteiger charge is 2.22. The number of benzene rings is 1. The molecule has 1 atom stereocenters. The molecular formula is C19H19N3O4S. The van der Waals surface area contributed by atoms with Crippen LogP contribution >= 0.6 is 0 Å². The van der Waals surface area contributed by atoms with Crippen molar-refractivity contribution >= 4 is 21.6 Å². The standard InChI is InChI=1S/C19H19N3O4S/c1-27(24,25)15-6-4-14(5-7-15)16-13-17(20-22-8-2-3-18(16)22)19(23)21-9-11-26-12-10-21/h2-8,13H,9-12H2,1H3. The smallest absolute Gasteiger partial charge is 0.274 e. The van der Waals surface area contributed by atoms with Crippen LogP contribution in [-0.4, -0.2) is 57.5 Å². The van der Waals surface area contributed by atoms with Gasteiger partial charge in [0.2, 0.25) is 0 Å². The van der Waals surface area contributed by atoms with E-state index in [1.807, 2.05) is 12.1 Å². The fourth-order valence-corrected chi connectivity index (χ4v) is 3.80. The quantitative estimate of drug-likeness (QED) is 0.645. The van der Waals surface area contributed by atoms with Gasteiger partial charge in [-0.3, -0.25) is 4.79 Å². The third-order valence-electron chi connectivity index (χ3n) is 4.61. The van der Waals surface area contributed by atoms with Crippen molar-refractivity contribution in [3.63, 3.8) is 0 Å². The Balaban J connectivity index is 1.77. The van der Waals surface area contributed by atoms with Crippen LogP contribution in [0.3, 0.4) is 0 Å². The first kappa shape index (κ1) is 17.8. The molecular weight excluding hydrogens is 366 g/mol. The van der Waals surface area contributed by atoms with Crippen LogP contribution in [0, 0.1) is 0 Å². The van der Waals surface area contributed by atoms with E-state index in [4.69, 9.17) is 4.74 Å². The van der Waals surface area contributed by atoms with Crippen LogP contribution in [0.25, 0.3) is 16.6 Å². The summed E-state index contributed by atoms with van der Waals surface area (Å²) in [6, 6.07) is 12.2. The van der Waals surface area contributed by atoms with E-state index < -0.39 is 10.2 Å². The average Bonchev–Trinajstić information content (AvgIpc) is 3.15. The molecule has 0 saturated carbocycles. The van der Waals surface area contributed by atoms with Crippen LogP contribution in [0.4, 0.5) is 0 Å². The summed E-state index contributed by atoms with van der Waals surface area (Å²) in [5.41, 5.74) is 2.85. The zero-order valence-corrected chi connectivity index (χ0v) is 15.6. The molecule has 8 heteroatoms. The van der Waals surface area contributed by atoms with Gasteiger partial charge in [-0.15, -0.1) is 4.21 Å². The van der Waals surface area contributed by atoms with Gasteiger partial charge in [-0.05, 0) is 48.0 Å². The summed E-state index contributed by atoms with van der Waals surface area (Å²) >= 11 is 0. The molecule has 1 aromatic carbocycles. The molecule has 3 aromatic rings. The molecule has 0 spiro atoms. The van der Waals surface area contributed by atoms with Crippen LogP contribution in [0.2, 0.25) is 0 Å². The first-order chi connectivity index (χ1) is 12.9. The monoisotopic (exact) mass is 385 g/mol. The van der Waals surface area contributed by atoms with Crippen molar-refractivity contribution in [3.05, 3.63) is 54.4 Å². The number of sulfone groups is 1. The molecule has 0 aliphatic carbocycles. The van der Waals surface area contributed by atoms with Crippen molar-refractivity contribution < 1.29 is 18.3 Å². The van der Waals surface area contributed by atoms with Crippen molar-refractivity contribution in [1.29, 1.82) is 0 Å². The number of hydrogen-bond donors (Lipinski definition) is 0. The average molecular weight is 385 g/mol. The number of hydrogen-bond acceptors (Lipinski definition) is 5.